The Morgan fingerprint density at radius 2 is 1.72 bits per heavy atom. The van der Waals surface area contributed by atoms with Gasteiger partial charge in [0, 0.05) is 5.69 Å². The van der Waals surface area contributed by atoms with Crippen LogP contribution >= 0.6 is 0 Å². The molecule has 94 valence electrons. The van der Waals surface area contributed by atoms with Crippen LogP contribution in [0.3, 0.4) is 0 Å². The minimum absolute atomic E-state index is 0.0853. The van der Waals surface area contributed by atoms with Crippen LogP contribution in [0.4, 0.5) is 18.9 Å². The Bertz CT molecular complexity index is 617. The van der Waals surface area contributed by atoms with Crippen LogP contribution in [0.5, 0.6) is 0 Å². The van der Waals surface area contributed by atoms with Crippen molar-refractivity contribution in [2.75, 3.05) is 5.73 Å². The Balaban J connectivity index is 2.66. The van der Waals surface area contributed by atoms with Crippen molar-refractivity contribution in [2.24, 2.45) is 0 Å². The van der Waals surface area contributed by atoms with Gasteiger partial charge in [-0.05, 0) is 11.6 Å². The minimum atomic E-state index is -4.65. The first-order valence-corrected chi connectivity index (χ1v) is 5.05. The maximum absolute atomic E-state index is 12.7. The number of hydrogen-bond donors (Lipinski definition) is 2. The number of anilines is 1. The Morgan fingerprint density at radius 1 is 1.11 bits per heavy atom. The molecule has 0 aliphatic rings. The molecule has 6 heteroatoms. The molecule has 0 aliphatic carbocycles. The van der Waals surface area contributed by atoms with E-state index >= 15 is 0 Å². The number of benzene rings is 1. The first-order valence-electron chi connectivity index (χ1n) is 5.05. The van der Waals surface area contributed by atoms with E-state index in [1.807, 2.05) is 0 Å². The standard InChI is InChI=1S/C12H9F3N2O/c13-12(14,15)8-6-9(17-11(18)10(8)16)7-4-2-1-3-5-7/h1-6H,16H2,(H,17,18). The number of rotatable bonds is 1. The molecule has 3 N–H and O–H groups in total. The maximum atomic E-state index is 12.7. The van der Waals surface area contributed by atoms with Crippen LogP contribution in [0.2, 0.25) is 0 Å². The summed E-state index contributed by atoms with van der Waals surface area (Å²) in [4.78, 5) is 13.7. The van der Waals surface area contributed by atoms with Crippen LogP contribution in [0.1, 0.15) is 5.56 Å². The van der Waals surface area contributed by atoms with Crippen LogP contribution in [0, 0.1) is 0 Å². The van der Waals surface area contributed by atoms with Crippen LogP contribution < -0.4 is 11.3 Å². The van der Waals surface area contributed by atoms with E-state index in [-0.39, 0.29) is 5.69 Å². The molecule has 0 saturated carbocycles. The molecule has 1 aromatic heterocycles. The smallest absolute Gasteiger partial charge is 0.394 e. The van der Waals surface area contributed by atoms with Crippen LogP contribution in [0.15, 0.2) is 41.2 Å². The van der Waals surface area contributed by atoms with Gasteiger partial charge in [-0.2, -0.15) is 13.2 Å². The first-order chi connectivity index (χ1) is 8.39. The molecule has 0 radical (unpaired) electrons. The molecule has 1 heterocycles. The predicted octanol–water partition coefficient (Wildman–Crippen LogP) is 2.64. The molecule has 2 rings (SSSR count). The summed E-state index contributed by atoms with van der Waals surface area (Å²) in [6, 6.07) is 9.09. The molecule has 0 bridgehead atoms. The SMILES string of the molecule is Nc1c(C(F)(F)F)cc(-c2ccccc2)[nH]c1=O. The predicted molar refractivity (Wildman–Crippen MR) is 61.9 cm³/mol. The molecule has 3 nitrogen and oxygen atoms in total. The van der Waals surface area contributed by atoms with Crippen LogP contribution in [-0.2, 0) is 6.18 Å². The third-order valence-corrected chi connectivity index (χ3v) is 2.46. The number of alkyl halides is 3. The Hall–Kier alpha value is -2.24. The summed E-state index contributed by atoms with van der Waals surface area (Å²) in [5, 5.41) is 0. The van der Waals surface area contributed by atoms with E-state index in [9.17, 15) is 18.0 Å². The van der Waals surface area contributed by atoms with Crippen LogP contribution in [0.25, 0.3) is 11.3 Å². The summed E-state index contributed by atoms with van der Waals surface area (Å²) in [5.41, 5.74) is 2.84. The highest BCUT2D eigenvalue weighted by Gasteiger charge is 2.34. The number of aromatic amines is 1. The second-order valence-corrected chi connectivity index (χ2v) is 3.70. The van der Waals surface area contributed by atoms with Gasteiger partial charge in [-0.15, -0.1) is 0 Å². The van der Waals surface area contributed by atoms with Crippen molar-refractivity contribution < 1.29 is 13.2 Å². The summed E-state index contributed by atoms with van der Waals surface area (Å²) in [6.45, 7) is 0. The number of aromatic nitrogens is 1. The fourth-order valence-corrected chi connectivity index (χ4v) is 1.58. The fraction of sp³-hybridized carbons (Fsp3) is 0.0833. The third-order valence-electron chi connectivity index (χ3n) is 2.46. The van der Waals surface area contributed by atoms with Gasteiger partial charge in [0.1, 0.15) is 5.69 Å². The highest BCUT2D eigenvalue weighted by molar-refractivity contribution is 5.63. The van der Waals surface area contributed by atoms with Crippen molar-refractivity contribution in [3.8, 4) is 11.3 Å². The molecule has 1 aromatic carbocycles. The van der Waals surface area contributed by atoms with Gasteiger partial charge in [-0.3, -0.25) is 4.79 Å². The van der Waals surface area contributed by atoms with E-state index in [0.717, 1.165) is 6.07 Å². The molecule has 0 spiro atoms. The van der Waals surface area contributed by atoms with Gasteiger partial charge in [0.25, 0.3) is 5.56 Å². The number of pyridine rings is 1. The number of H-pyrrole nitrogens is 1. The topological polar surface area (TPSA) is 58.9 Å². The number of nitrogen functional groups attached to an aromatic ring is 1. The van der Waals surface area contributed by atoms with Gasteiger partial charge in [-0.25, -0.2) is 0 Å². The quantitative estimate of drug-likeness (QED) is 0.821. The summed E-state index contributed by atoms with van der Waals surface area (Å²) in [6.07, 6.45) is -4.65. The molecule has 18 heavy (non-hydrogen) atoms. The summed E-state index contributed by atoms with van der Waals surface area (Å²) < 4.78 is 38.1. The lowest BCUT2D eigenvalue weighted by Crippen LogP contribution is -2.20. The molecule has 0 saturated heterocycles. The fourth-order valence-electron chi connectivity index (χ4n) is 1.58. The zero-order chi connectivity index (χ0) is 13.3. The van der Waals surface area contributed by atoms with E-state index in [2.05, 4.69) is 4.98 Å². The maximum Gasteiger partial charge on any atom is 0.418 e. The van der Waals surface area contributed by atoms with E-state index in [0.29, 0.717) is 5.56 Å². The molecule has 2 aromatic rings. The molecular weight excluding hydrogens is 245 g/mol. The number of nitrogens with two attached hydrogens (primary N) is 1. The van der Waals surface area contributed by atoms with Gasteiger partial charge in [-0.1, -0.05) is 30.3 Å². The van der Waals surface area contributed by atoms with Crippen molar-refractivity contribution in [1.82, 2.24) is 4.98 Å². The number of nitrogens with one attached hydrogen (secondary N) is 1. The highest BCUT2D eigenvalue weighted by Crippen LogP contribution is 2.33. The van der Waals surface area contributed by atoms with Crippen molar-refractivity contribution in [2.45, 2.75) is 6.18 Å². The lowest BCUT2D eigenvalue weighted by Gasteiger charge is -2.11. The largest absolute Gasteiger partial charge is 0.418 e. The molecule has 0 unspecified atom stereocenters. The van der Waals surface area contributed by atoms with Crippen molar-refractivity contribution >= 4 is 5.69 Å². The second-order valence-electron chi connectivity index (χ2n) is 3.70. The van der Waals surface area contributed by atoms with Crippen molar-refractivity contribution in [1.29, 1.82) is 0 Å². The first kappa shape index (κ1) is 12.2. The summed E-state index contributed by atoms with van der Waals surface area (Å²) in [7, 11) is 0. The Morgan fingerprint density at radius 3 is 2.28 bits per heavy atom. The highest BCUT2D eigenvalue weighted by atomic mass is 19.4. The van der Waals surface area contributed by atoms with Gasteiger partial charge in [0.05, 0.1) is 5.56 Å². The van der Waals surface area contributed by atoms with Crippen LogP contribution in [-0.4, -0.2) is 4.98 Å². The summed E-state index contributed by atoms with van der Waals surface area (Å²) >= 11 is 0. The molecule has 0 amide bonds. The van der Waals surface area contributed by atoms with E-state index in [1.165, 1.54) is 0 Å². The molecule has 0 atom stereocenters. The third kappa shape index (κ3) is 2.22. The van der Waals surface area contributed by atoms with Gasteiger partial charge in [0.15, 0.2) is 0 Å². The average molecular weight is 254 g/mol. The number of halogens is 3. The van der Waals surface area contributed by atoms with Gasteiger partial charge >= 0.3 is 6.18 Å². The molecular formula is C12H9F3N2O. The van der Waals surface area contributed by atoms with E-state index in [4.69, 9.17) is 5.73 Å². The minimum Gasteiger partial charge on any atom is -0.394 e. The van der Waals surface area contributed by atoms with Crippen molar-refractivity contribution in [3.63, 3.8) is 0 Å². The second kappa shape index (κ2) is 4.21. The van der Waals surface area contributed by atoms with Crippen molar-refractivity contribution in [3.05, 3.63) is 52.3 Å². The zero-order valence-electron chi connectivity index (χ0n) is 9.08. The zero-order valence-corrected chi connectivity index (χ0v) is 9.08. The summed E-state index contributed by atoms with van der Waals surface area (Å²) in [5.74, 6) is 0. The van der Waals surface area contributed by atoms with Gasteiger partial charge in [0.2, 0.25) is 0 Å². The Labute approximate surface area is 100 Å². The lowest BCUT2D eigenvalue weighted by atomic mass is 10.1. The number of hydrogen-bond acceptors (Lipinski definition) is 2. The monoisotopic (exact) mass is 254 g/mol. The van der Waals surface area contributed by atoms with E-state index < -0.39 is 23.0 Å². The normalized spacial score (nSPS) is 11.5. The van der Waals surface area contributed by atoms with E-state index in [1.54, 1.807) is 30.3 Å². The molecule has 0 fully saturated rings. The lowest BCUT2D eigenvalue weighted by molar-refractivity contribution is -0.137. The van der Waals surface area contributed by atoms with Gasteiger partial charge < -0.3 is 10.7 Å². The Kier molecular flexibility index (Phi) is 2.86. The molecule has 0 aliphatic heterocycles. The average Bonchev–Trinajstić information content (AvgIpc) is 2.32.